The molecule has 0 aromatic carbocycles. The maximum absolute atomic E-state index is 13.6. The lowest BCUT2D eigenvalue weighted by molar-refractivity contribution is -0.406. The SMILES string of the molecule is CC(=O)N[C@@H]1[C@@H](O)[C@H](O[C@@H]2O[C@H](CO)[C@@H](O[C@@H]3O[C@H](CO[C@H]4O[C@H](CO)[C@@H](O)[C@H](O)[C@@H]4O[C@@H]4O[C@H](CO)[C@@H](O[C@@H]5O[C@H](CO)[C@H](O)[C@H](O)[C@H]5O)[C@H](O)[C@H]4NC(C)=O)[C@@H](O)[C@H](O[C@H]4O[C@H](CO)[C@@H](O)[C@H](O)[C@@H]4O[C@@H]4O[C@H](CO)[C@@H](O[C@@H]5O[C@H](CO)[C@H](O)[C@H](O[C@H]6O[C@H](CO)[C@H](O)[C@H](O)[C@H]6NC(C)=O)[C@H]5O[C@H]5O[C@H](C)[C@H](O)[C@H](O)[C@H]5O)[C@H](O)[C@H]4NC(C)=O)[C@@H]3O)[C@H](O)[C@H]2NC(C)=O)[C@@H](CO[C@H]2O[C@H](C)[C@H](O)[C@H](O)[C@H]2O)O[C@H]1O. The minimum atomic E-state index is -2.72. The van der Waals surface area contributed by atoms with Crippen LogP contribution in [-0.4, -0.2) is 622 Å². The van der Waals surface area contributed by atoms with E-state index in [1.165, 1.54) is 13.8 Å². The molecule has 12 saturated heterocycles. The van der Waals surface area contributed by atoms with Crippen LogP contribution >= 0.6 is 0 Å². The standard InChI is InChI=1S/C82H137N5O59/c1-18-40(101)53(114)58(119)76(126-18)124-17-34-65(49(110)35(71(123)128-34)83-20(3)96)138-73-37(85-22(5)98)50(111)63(31(14-94)134-73)140-79-61(122)66(47(108)33(137-79)16-125-80-68(56(117)44(105)27(10-90)131-80)144-74-38(86-23(6)99)51(112)62(30(13-93)135-74)139-78-60(121)55(116)43(104)26(9-89)130-78)142-81-69(57(118)45(106)28(11-91)132-81)145-75-39(87-24(7)100)52(113)64(32(15-95)136-75)141-82-70(146-77-59(120)54(115)41(102)19(2)127-77)67(46(107)29(12-92)133-82)143-72-36(84-21(4)97)48(109)42(103)25(8-88)129-72/h18-19,25-82,88-95,101-123H,8-17H2,1-7H3,(H,83,96)(H,84,97)(H,85,98)(H,86,99)(H,87,100)/t18-,19-,25-,26-,27-,28-,29-,30-,31-,32-,33-,34-,35-,36-,37-,38-,39-,40+,41+,42+,43+,44-,45-,46+,47-,48-,49-,50-,51-,52-,53+,54+,55+,56+,57+,58-,59-,60-,61+,62-,63-,64-,65-,66+,67+,68+,69+,70-,71-,72-,73+,74+,75+,76+,77-,78+,79+,80+,81-,82+/m1/s1. The van der Waals surface area contributed by atoms with Crippen LogP contribution in [0.5, 0.6) is 0 Å². The molecule has 12 rings (SSSR count). The van der Waals surface area contributed by atoms with Crippen LogP contribution in [0.2, 0.25) is 0 Å². The van der Waals surface area contributed by atoms with Gasteiger partial charge in [-0.2, -0.15) is 0 Å². The monoisotopic (exact) mass is 2140 g/mol. The third-order valence-electron chi connectivity index (χ3n) is 27.0. The van der Waals surface area contributed by atoms with Crippen molar-refractivity contribution in [2.75, 3.05) is 66.1 Å². The number of ether oxygens (including phenoxy) is 23. The fourth-order valence-electron chi connectivity index (χ4n) is 19.1. The molecule has 0 spiro atoms. The molecule has 5 amide bonds. The van der Waals surface area contributed by atoms with Gasteiger partial charge in [-0.1, -0.05) is 0 Å². The average Bonchev–Trinajstić information content (AvgIpc) is 0.752. The van der Waals surface area contributed by atoms with Gasteiger partial charge < -0.3 is 294 Å². The molecular weight excluding hydrogens is 2000 g/mol. The average molecular weight is 2140 g/mol. The Morgan fingerprint density at radius 3 is 0.863 bits per heavy atom. The van der Waals surface area contributed by atoms with Crippen molar-refractivity contribution in [1.82, 2.24) is 26.6 Å². The zero-order valence-electron chi connectivity index (χ0n) is 79.0. The summed E-state index contributed by atoms with van der Waals surface area (Å²) in [6.07, 6.45) is -117. The fourth-order valence-corrected chi connectivity index (χ4v) is 19.1. The van der Waals surface area contributed by atoms with Crippen LogP contribution in [-0.2, 0) is 133 Å². The summed E-state index contributed by atoms with van der Waals surface area (Å²) in [4.78, 5) is 65.3. The van der Waals surface area contributed by atoms with E-state index in [0.29, 0.717) is 0 Å². The maximum Gasteiger partial charge on any atom is 0.217 e. The summed E-state index contributed by atoms with van der Waals surface area (Å²) in [6.45, 7) is -4.60. The normalized spacial score (nSPS) is 49.8. The van der Waals surface area contributed by atoms with Gasteiger partial charge in [0.15, 0.2) is 75.5 Å². The van der Waals surface area contributed by atoms with Crippen molar-refractivity contribution in [2.24, 2.45) is 0 Å². The molecule has 0 saturated carbocycles. The summed E-state index contributed by atoms with van der Waals surface area (Å²) >= 11 is 0. The molecule has 0 aromatic heterocycles. The molecule has 64 nitrogen and oxygen atoms in total. The Kier molecular flexibility index (Phi) is 42.8. The van der Waals surface area contributed by atoms with E-state index in [2.05, 4.69) is 26.6 Å². The van der Waals surface area contributed by atoms with Crippen molar-refractivity contribution in [3.05, 3.63) is 0 Å². The van der Waals surface area contributed by atoms with Crippen LogP contribution in [0.1, 0.15) is 48.5 Å². The first-order valence-electron chi connectivity index (χ1n) is 46.9. The summed E-state index contributed by atoms with van der Waals surface area (Å²) in [5.74, 6) is -4.86. The Balaban J connectivity index is 0.882. The van der Waals surface area contributed by atoms with Crippen LogP contribution in [0.4, 0.5) is 0 Å². The molecule has 0 unspecified atom stereocenters. The first-order valence-corrected chi connectivity index (χ1v) is 46.9. The topological polar surface area (TPSA) is 985 Å². The van der Waals surface area contributed by atoms with Gasteiger partial charge in [-0.25, -0.2) is 0 Å². The number of carbonyl (C=O) groups is 5. The number of aliphatic hydroxyl groups is 31. The highest BCUT2D eigenvalue weighted by Gasteiger charge is 2.64. The van der Waals surface area contributed by atoms with Gasteiger partial charge in [-0.3, -0.25) is 24.0 Å². The highest BCUT2D eigenvalue weighted by Crippen LogP contribution is 2.43. The first kappa shape index (κ1) is 120. The second kappa shape index (κ2) is 52.2. The maximum atomic E-state index is 13.6. The molecule has 844 valence electrons. The molecule has 12 aliphatic heterocycles. The summed E-state index contributed by atoms with van der Waals surface area (Å²) in [5, 5.41) is 364. The number of amides is 5. The minimum absolute atomic E-state index is 0.859. The van der Waals surface area contributed by atoms with Gasteiger partial charge in [0, 0.05) is 34.6 Å². The smallest absolute Gasteiger partial charge is 0.217 e. The van der Waals surface area contributed by atoms with E-state index in [9.17, 15) is 182 Å². The van der Waals surface area contributed by atoms with E-state index >= 15 is 0 Å². The Hall–Kier alpha value is -4.81. The van der Waals surface area contributed by atoms with Crippen LogP contribution in [0.15, 0.2) is 0 Å². The summed E-state index contributed by atoms with van der Waals surface area (Å²) in [7, 11) is 0. The molecule has 64 heteroatoms. The van der Waals surface area contributed by atoms with E-state index in [4.69, 9.17) is 109 Å². The minimum Gasteiger partial charge on any atom is -0.394 e. The molecule has 146 heavy (non-hydrogen) atoms. The lowest BCUT2D eigenvalue weighted by Crippen LogP contribution is -2.71. The van der Waals surface area contributed by atoms with Gasteiger partial charge in [0.05, 0.1) is 78.3 Å². The Labute approximate surface area is 827 Å². The van der Waals surface area contributed by atoms with Crippen molar-refractivity contribution in [3.8, 4) is 0 Å². The first-order chi connectivity index (χ1) is 69.0. The number of aliphatic hydroxyl groups excluding tert-OH is 31. The highest BCUT2D eigenvalue weighted by molar-refractivity contribution is 5.75. The molecular formula is C82H137N5O59. The van der Waals surface area contributed by atoms with Gasteiger partial charge in [0.2, 0.25) is 29.5 Å². The largest absolute Gasteiger partial charge is 0.394 e. The van der Waals surface area contributed by atoms with Gasteiger partial charge in [0.1, 0.15) is 280 Å². The molecule has 0 aromatic rings. The van der Waals surface area contributed by atoms with Crippen LogP contribution in [0.3, 0.4) is 0 Å². The molecule has 12 aliphatic rings. The Morgan fingerprint density at radius 2 is 0.438 bits per heavy atom. The molecule has 36 N–H and O–H groups in total. The van der Waals surface area contributed by atoms with Crippen molar-refractivity contribution < 1.29 is 291 Å². The van der Waals surface area contributed by atoms with Crippen LogP contribution in [0, 0.1) is 0 Å². The van der Waals surface area contributed by atoms with Crippen LogP contribution < -0.4 is 26.6 Å². The fraction of sp³-hybridized carbons (Fsp3) is 0.939. The number of rotatable bonds is 37. The zero-order chi connectivity index (χ0) is 107. The van der Waals surface area contributed by atoms with Crippen molar-refractivity contribution in [1.29, 1.82) is 0 Å². The molecule has 0 aliphatic carbocycles. The summed E-state index contributed by atoms with van der Waals surface area (Å²) in [6, 6.07) is -9.87. The van der Waals surface area contributed by atoms with Gasteiger partial charge >= 0.3 is 0 Å². The third kappa shape index (κ3) is 26.4. The quantitative estimate of drug-likeness (QED) is 0.0275. The summed E-state index contributed by atoms with van der Waals surface area (Å²) in [5.41, 5.74) is 0. The molecule has 12 fully saturated rings. The van der Waals surface area contributed by atoms with E-state index in [0.717, 1.165) is 34.6 Å². The second-order valence-corrected chi connectivity index (χ2v) is 37.3. The van der Waals surface area contributed by atoms with Gasteiger partial charge in [-0.15, -0.1) is 0 Å². The third-order valence-corrected chi connectivity index (χ3v) is 27.0. The molecule has 60 atom stereocenters. The van der Waals surface area contributed by atoms with Crippen LogP contribution in [0.25, 0.3) is 0 Å². The number of nitrogens with one attached hydrogen (secondary N) is 5. The predicted molar refractivity (Wildman–Crippen MR) is 450 cm³/mol. The molecule has 0 bridgehead atoms. The molecule has 0 radical (unpaired) electrons. The van der Waals surface area contributed by atoms with Crippen molar-refractivity contribution >= 4 is 29.5 Å². The zero-order valence-corrected chi connectivity index (χ0v) is 79.0. The van der Waals surface area contributed by atoms with E-state index in [1.54, 1.807) is 0 Å². The number of carbonyl (C=O) groups excluding carboxylic acids is 5. The van der Waals surface area contributed by atoms with Gasteiger partial charge in [-0.05, 0) is 13.8 Å². The molecule has 12 heterocycles. The Morgan fingerprint density at radius 1 is 0.192 bits per heavy atom. The number of hydrogen-bond donors (Lipinski definition) is 36. The van der Waals surface area contributed by atoms with E-state index < -0.39 is 464 Å². The Bertz CT molecular complexity index is 4090. The predicted octanol–water partition coefficient (Wildman–Crippen LogP) is -24.4. The number of hydrogen-bond acceptors (Lipinski definition) is 59. The van der Waals surface area contributed by atoms with Crippen molar-refractivity contribution in [2.45, 2.75) is 417 Å². The van der Waals surface area contributed by atoms with Gasteiger partial charge in [0.25, 0.3) is 0 Å². The summed E-state index contributed by atoms with van der Waals surface area (Å²) < 4.78 is 139. The highest BCUT2D eigenvalue weighted by atomic mass is 16.8. The van der Waals surface area contributed by atoms with Crippen molar-refractivity contribution in [3.63, 3.8) is 0 Å². The lowest BCUT2D eigenvalue weighted by Gasteiger charge is -2.52. The van der Waals surface area contributed by atoms with E-state index in [-0.39, 0.29) is 0 Å². The van der Waals surface area contributed by atoms with E-state index in [1.807, 2.05) is 0 Å². The second-order valence-electron chi connectivity index (χ2n) is 37.3. The lowest BCUT2D eigenvalue weighted by atomic mass is 9.93.